The number of hydrogen-bond acceptors (Lipinski definition) is 5. The molecule has 102 valence electrons. The molecule has 0 aromatic carbocycles. The molecule has 1 aliphatic rings. The van der Waals surface area contributed by atoms with E-state index >= 15 is 0 Å². The maximum absolute atomic E-state index is 11.3. The molecular weight excluding hydrogens is 276 g/mol. The third-order valence-corrected chi connectivity index (χ3v) is 8.04. The Balaban J connectivity index is 2.31. The lowest BCUT2D eigenvalue weighted by atomic mass is 10.1. The molecule has 1 rings (SSSR count). The number of sulfone groups is 1. The Morgan fingerprint density at radius 2 is 2.00 bits per heavy atom. The summed E-state index contributed by atoms with van der Waals surface area (Å²) in [6.45, 7) is 3.81. The minimum atomic E-state index is -2.88. The Hall–Kier alpha value is 0.610. The second-order valence-corrected chi connectivity index (χ2v) is 9.60. The predicted octanol–water partition coefficient (Wildman–Crippen LogP) is 1.80. The van der Waals surface area contributed by atoms with Crippen molar-refractivity contribution in [3.05, 3.63) is 0 Å². The molecule has 0 saturated carbocycles. The lowest BCUT2D eigenvalue weighted by Gasteiger charge is -2.31. The van der Waals surface area contributed by atoms with Crippen LogP contribution in [0.4, 0.5) is 0 Å². The Kier molecular flexibility index (Phi) is 6.69. The predicted molar refractivity (Wildman–Crippen MR) is 77.7 cm³/mol. The van der Waals surface area contributed by atoms with Crippen molar-refractivity contribution in [1.29, 1.82) is 0 Å². The van der Waals surface area contributed by atoms with Gasteiger partial charge in [0.25, 0.3) is 0 Å². The van der Waals surface area contributed by atoms with E-state index < -0.39 is 9.84 Å². The summed E-state index contributed by atoms with van der Waals surface area (Å²) in [5.74, 6) is 2.65. The van der Waals surface area contributed by atoms with Gasteiger partial charge in [-0.15, -0.1) is 0 Å². The summed E-state index contributed by atoms with van der Waals surface area (Å²) in [5, 5.41) is 10.8. The van der Waals surface area contributed by atoms with Crippen LogP contribution >= 0.6 is 23.5 Å². The Labute approximate surface area is 113 Å². The SMILES string of the molecule is CCS(=O)(=O)CCCC(O)C1SCCSC1C. The highest BCUT2D eigenvalue weighted by atomic mass is 32.2. The molecule has 0 spiro atoms. The first-order chi connectivity index (χ1) is 7.96. The highest BCUT2D eigenvalue weighted by Gasteiger charge is 2.28. The van der Waals surface area contributed by atoms with Gasteiger partial charge < -0.3 is 5.11 Å². The zero-order valence-corrected chi connectivity index (χ0v) is 12.9. The standard InChI is InChI=1S/C11H22O3S3/c1-3-17(13,14)8-4-5-10(12)11-9(2)15-6-7-16-11/h9-12H,3-8H2,1-2H3. The lowest BCUT2D eigenvalue weighted by Crippen LogP contribution is -2.34. The third kappa shape index (κ3) is 5.41. The summed E-state index contributed by atoms with van der Waals surface area (Å²) in [7, 11) is -2.88. The quantitative estimate of drug-likeness (QED) is 0.810. The van der Waals surface area contributed by atoms with Crippen molar-refractivity contribution in [1.82, 2.24) is 0 Å². The summed E-state index contributed by atoms with van der Waals surface area (Å²) in [6.07, 6.45) is 0.808. The molecule has 0 aromatic rings. The van der Waals surface area contributed by atoms with E-state index in [-0.39, 0.29) is 22.9 Å². The average Bonchev–Trinajstić information content (AvgIpc) is 2.29. The summed E-state index contributed by atoms with van der Waals surface area (Å²) in [6, 6.07) is 0. The number of rotatable bonds is 6. The minimum Gasteiger partial charge on any atom is -0.392 e. The molecule has 1 heterocycles. The van der Waals surface area contributed by atoms with E-state index in [9.17, 15) is 13.5 Å². The van der Waals surface area contributed by atoms with Crippen LogP contribution < -0.4 is 0 Å². The second kappa shape index (κ2) is 7.26. The van der Waals surface area contributed by atoms with E-state index in [0.717, 1.165) is 11.5 Å². The highest BCUT2D eigenvalue weighted by Crippen LogP contribution is 2.34. The molecule has 6 heteroatoms. The molecule has 1 N–H and O–H groups in total. The Bertz CT molecular complexity index is 316. The molecule has 1 fully saturated rings. The molecule has 3 atom stereocenters. The monoisotopic (exact) mass is 298 g/mol. The van der Waals surface area contributed by atoms with Gasteiger partial charge in [-0.2, -0.15) is 23.5 Å². The van der Waals surface area contributed by atoms with Gasteiger partial charge in [0.15, 0.2) is 0 Å². The molecule has 1 saturated heterocycles. The van der Waals surface area contributed by atoms with Gasteiger partial charge >= 0.3 is 0 Å². The van der Waals surface area contributed by atoms with Gasteiger partial charge in [-0.05, 0) is 12.8 Å². The van der Waals surface area contributed by atoms with E-state index in [0.29, 0.717) is 18.1 Å². The van der Waals surface area contributed by atoms with Crippen LogP contribution in [0.25, 0.3) is 0 Å². The molecule has 0 aliphatic carbocycles. The molecular formula is C11H22O3S3. The van der Waals surface area contributed by atoms with Crippen LogP contribution in [0.1, 0.15) is 26.7 Å². The van der Waals surface area contributed by atoms with Crippen molar-refractivity contribution in [2.75, 3.05) is 23.0 Å². The fourth-order valence-corrected chi connectivity index (χ4v) is 5.67. The molecule has 3 nitrogen and oxygen atoms in total. The fourth-order valence-electron chi connectivity index (χ4n) is 1.89. The summed E-state index contributed by atoms with van der Waals surface area (Å²) in [4.78, 5) is 0. The topological polar surface area (TPSA) is 54.4 Å². The van der Waals surface area contributed by atoms with Gasteiger partial charge in [-0.25, -0.2) is 8.42 Å². The maximum atomic E-state index is 11.3. The van der Waals surface area contributed by atoms with Gasteiger partial charge in [0, 0.05) is 27.8 Å². The highest BCUT2D eigenvalue weighted by molar-refractivity contribution is 8.07. The first kappa shape index (κ1) is 15.7. The smallest absolute Gasteiger partial charge is 0.150 e. The number of aliphatic hydroxyl groups is 1. The van der Waals surface area contributed by atoms with Crippen LogP contribution in [0, 0.1) is 0 Å². The van der Waals surface area contributed by atoms with Crippen LogP contribution in [0.5, 0.6) is 0 Å². The molecule has 1 aliphatic heterocycles. The minimum absolute atomic E-state index is 0.202. The normalized spacial score (nSPS) is 27.9. The number of hydrogen-bond donors (Lipinski definition) is 1. The first-order valence-corrected chi connectivity index (χ1v) is 10.00. The zero-order chi connectivity index (χ0) is 12.9. The van der Waals surface area contributed by atoms with Gasteiger partial charge in [0.1, 0.15) is 9.84 Å². The van der Waals surface area contributed by atoms with Gasteiger partial charge in [-0.1, -0.05) is 13.8 Å². The van der Waals surface area contributed by atoms with Gasteiger partial charge in [-0.3, -0.25) is 0 Å². The van der Waals surface area contributed by atoms with Crippen molar-refractivity contribution in [2.45, 2.75) is 43.3 Å². The summed E-state index contributed by atoms with van der Waals surface area (Å²) < 4.78 is 22.7. The van der Waals surface area contributed by atoms with E-state index in [1.807, 2.05) is 23.5 Å². The average molecular weight is 298 g/mol. The van der Waals surface area contributed by atoms with Gasteiger partial charge in [0.05, 0.1) is 11.9 Å². The van der Waals surface area contributed by atoms with Crippen molar-refractivity contribution >= 4 is 33.4 Å². The van der Waals surface area contributed by atoms with E-state index in [1.54, 1.807) is 6.92 Å². The van der Waals surface area contributed by atoms with Crippen LogP contribution in [-0.4, -0.2) is 53.1 Å². The van der Waals surface area contributed by atoms with E-state index in [1.165, 1.54) is 0 Å². The van der Waals surface area contributed by atoms with Crippen molar-refractivity contribution in [3.8, 4) is 0 Å². The first-order valence-electron chi connectivity index (χ1n) is 6.08. The largest absolute Gasteiger partial charge is 0.392 e. The summed E-state index contributed by atoms with van der Waals surface area (Å²) in [5.41, 5.74) is 0. The van der Waals surface area contributed by atoms with Crippen molar-refractivity contribution in [2.24, 2.45) is 0 Å². The number of thioether (sulfide) groups is 2. The van der Waals surface area contributed by atoms with Gasteiger partial charge in [0.2, 0.25) is 0 Å². The number of aliphatic hydroxyl groups excluding tert-OH is 1. The zero-order valence-electron chi connectivity index (χ0n) is 10.5. The van der Waals surface area contributed by atoms with Crippen molar-refractivity contribution < 1.29 is 13.5 Å². The Morgan fingerprint density at radius 1 is 1.35 bits per heavy atom. The van der Waals surface area contributed by atoms with Crippen molar-refractivity contribution in [3.63, 3.8) is 0 Å². The fraction of sp³-hybridized carbons (Fsp3) is 1.00. The molecule has 3 unspecified atom stereocenters. The molecule has 0 aromatic heterocycles. The molecule has 0 radical (unpaired) electrons. The molecule has 17 heavy (non-hydrogen) atoms. The van der Waals surface area contributed by atoms with Crippen LogP contribution in [0.3, 0.4) is 0 Å². The third-order valence-electron chi connectivity index (χ3n) is 3.01. The van der Waals surface area contributed by atoms with Crippen LogP contribution in [0.2, 0.25) is 0 Å². The van der Waals surface area contributed by atoms with E-state index in [2.05, 4.69) is 6.92 Å². The lowest BCUT2D eigenvalue weighted by molar-refractivity contribution is 0.160. The molecule has 0 bridgehead atoms. The Morgan fingerprint density at radius 3 is 2.59 bits per heavy atom. The second-order valence-electron chi connectivity index (χ2n) is 4.36. The molecule has 0 amide bonds. The van der Waals surface area contributed by atoms with E-state index in [4.69, 9.17) is 0 Å². The van der Waals surface area contributed by atoms with Crippen LogP contribution in [-0.2, 0) is 9.84 Å². The summed E-state index contributed by atoms with van der Waals surface area (Å²) >= 11 is 3.72. The van der Waals surface area contributed by atoms with Crippen LogP contribution in [0.15, 0.2) is 0 Å². The maximum Gasteiger partial charge on any atom is 0.150 e.